The van der Waals surface area contributed by atoms with E-state index in [9.17, 15) is 14.4 Å². The van der Waals surface area contributed by atoms with E-state index in [4.69, 9.17) is 4.42 Å². The SMILES string of the molecule is C[C@H](NC(=O)c1ccc(C(C)(C)C)cc1)C(=O)NC1CCN(C(=O)c2ccco2)CC1. The summed E-state index contributed by atoms with van der Waals surface area (Å²) in [7, 11) is 0. The summed E-state index contributed by atoms with van der Waals surface area (Å²) in [5, 5.41) is 5.75. The van der Waals surface area contributed by atoms with Gasteiger partial charge in [0.2, 0.25) is 5.91 Å². The van der Waals surface area contributed by atoms with Gasteiger partial charge in [-0.15, -0.1) is 0 Å². The normalized spacial score (nSPS) is 15.9. The average molecular weight is 426 g/mol. The molecule has 1 atom stereocenters. The van der Waals surface area contributed by atoms with Crippen LogP contribution in [0, 0.1) is 0 Å². The molecule has 3 rings (SSSR count). The number of rotatable bonds is 5. The second-order valence-corrected chi connectivity index (χ2v) is 9.07. The molecule has 0 spiro atoms. The van der Waals surface area contributed by atoms with Gasteiger partial charge in [0.25, 0.3) is 11.8 Å². The minimum absolute atomic E-state index is 0.0142. The van der Waals surface area contributed by atoms with Gasteiger partial charge < -0.3 is 20.0 Å². The molecule has 0 aliphatic carbocycles. The minimum Gasteiger partial charge on any atom is -0.459 e. The summed E-state index contributed by atoms with van der Waals surface area (Å²) in [6.45, 7) is 9.12. The van der Waals surface area contributed by atoms with Crippen molar-refractivity contribution in [2.45, 2.75) is 58.0 Å². The van der Waals surface area contributed by atoms with Gasteiger partial charge in [0, 0.05) is 24.7 Å². The molecule has 1 aliphatic rings. The van der Waals surface area contributed by atoms with Gasteiger partial charge in [-0.05, 0) is 55.0 Å². The number of carbonyl (C=O) groups is 3. The van der Waals surface area contributed by atoms with Gasteiger partial charge in [0.15, 0.2) is 5.76 Å². The van der Waals surface area contributed by atoms with Crippen LogP contribution in [0.5, 0.6) is 0 Å². The highest BCUT2D eigenvalue weighted by Gasteiger charge is 2.27. The summed E-state index contributed by atoms with van der Waals surface area (Å²) < 4.78 is 5.17. The van der Waals surface area contributed by atoms with Crippen molar-refractivity contribution >= 4 is 17.7 Å². The highest BCUT2D eigenvalue weighted by Crippen LogP contribution is 2.22. The monoisotopic (exact) mass is 425 g/mol. The summed E-state index contributed by atoms with van der Waals surface area (Å²) >= 11 is 0. The van der Waals surface area contributed by atoms with Crippen LogP contribution in [0.15, 0.2) is 47.1 Å². The molecule has 0 unspecified atom stereocenters. The van der Waals surface area contributed by atoms with Crippen molar-refractivity contribution in [3.63, 3.8) is 0 Å². The van der Waals surface area contributed by atoms with E-state index in [1.54, 1.807) is 36.1 Å². The quantitative estimate of drug-likeness (QED) is 0.770. The highest BCUT2D eigenvalue weighted by atomic mass is 16.3. The van der Waals surface area contributed by atoms with E-state index in [1.165, 1.54) is 6.26 Å². The molecule has 0 saturated carbocycles. The van der Waals surface area contributed by atoms with E-state index in [0.29, 0.717) is 37.3 Å². The number of carbonyl (C=O) groups excluding carboxylic acids is 3. The van der Waals surface area contributed by atoms with Gasteiger partial charge in [-0.2, -0.15) is 0 Å². The lowest BCUT2D eigenvalue weighted by Crippen LogP contribution is -2.51. The van der Waals surface area contributed by atoms with E-state index in [2.05, 4.69) is 31.4 Å². The Morgan fingerprint density at radius 3 is 2.26 bits per heavy atom. The molecule has 1 aromatic carbocycles. The molecule has 2 aromatic rings. The van der Waals surface area contributed by atoms with Crippen LogP contribution in [0.4, 0.5) is 0 Å². The molecule has 7 nitrogen and oxygen atoms in total. The number of benzene rings is 1. The van der Waals surface area contributed by atoms with E-state index in [-0.39, 0.29) is 29.2 Å². The number of furan rings is 1. The largest absolute Gasteiger partial charge is 0.459 e. The van der Waals surface area contributed by atoms with Crippen LogP contribution in [0.1, 0.15) is 67.0 Å². The zero-order chi connectivity index (χ0) is 22.6. The molecular formula is C24H31N3O4. The van der Waals surface area contributed by atoms with Crippen LogP contribution in [0.2, 0.25) is 0 Å². The molecule has 166 valence electrons. The molecule has 1 saturated heterocycles. The molecule has 2 N–H and O–H groups in total. The average Bonchev–Trinajstić information content (AvgIpc) is 3.28. The van der Waals surface area contributed by atoms with Crippen LogP contribution in [-0.2, 0) is 10.2 Å². The molecule has 1 aliphatic heterocycles. The Balaban J connectivity index is 1.46. The van der Waals surface area contributed by atoms with Gasteiger partial charge in [-0.3, -0.25) is 14.4 Å². The number of hydrogen-bond donors (Lipinski definition) is 2. The van der Waals surface area contributed by atoms with Crippen LogP contribution in [0.3, 0.4) is 0 Å². The third-order valence-corrected chi connectivity index (χ3v) is 5.61. The highest BCUT2D eigenvalue weighted by molar-refractivity contribution is 5.97. The van der Waals surface area contributed by atoms with Gasteiger partial charge in [-0.25, -0.2) is 0 Å². The van der Waals surface area contributed by atoms with Crippen molar-refractivity contribution in [3.05, 3.63) is 59.5 Å². The second kappa shape index (κ2) is 9.37. The van der Waals surface area contributed by atoms with Crippen molar-refractivity contribution < 1.29 is 18.8 Å². The van der Waals surface area contributed by atoms with E-state index in [1.807, 2.05) is 12.1 Å². The fourth-order valence-electron chi connectivity index (χ4n) is 3.58. The van der Waals surface area contributed by atoms with Crippen molar-refractivity contribution in [1.29, 1.82) is 0 Å². The van der Waals surface area contributed by atoms with E-state index in [0.717, 1.165) is 5.56 Å². The Bertz CT molecular complexity index is 905. The third-order valence-electron chi connectivity index (χ3n) is 5.61. The van der Waals surface area contributed by atoms with Crippen LogP contribution < -0.4 is 10.6 Å². The molecule has 7 heteroatoms. The minimum atomic E-state index is -0.655. The molecule has 1 fully saturated rings. The smallest absolute Gasteiger partial charge is 0.289 e. The molecule has 2 heterocycles. The predicted molar refractivity (Wildman–Crippen MR) is 118 cm³/mol. The molecule has 3 amide bonds. The Morgan fingerprint density at radius 1 is 1.06 bits per heavy atom. The van der Waals surface area contributed by atoms with Crippen molar-refractivity contribution in [2.24, 2.45) is 0 Å². The summed E-state index contributed by atoms with van der Waals surface area (Å²) in [5.74, 6) is -0.306. The zero-order valence-corrected chi connectivity index (χ0v) is 18.6. The lowest BCUT2D eigenvalue weighted by atomic mass is 9.86. The number of hydrogen-bond acceptors (Lipinski definition) is 4. The number of nitrogens with one attached hydrogen (secondary N) is 2. The van der Waals surface area contributed by atoms with E-state index >= 15 is 0 Å². The van der Waals surface area contributed by atoms with Crippen molar-refractivity contribution in [2.75, 3.05) is 13.1 Å². The maximum Gasteiger partial charge on any atom is 0.289 e. The summed E-state index contributed by atoms with van der Waals surface area (Å²) in [6.07, 6.45) is 2.80. The van der Waals surface area contributed by atoms with Gasteiger partial charge in [-0.1, -0.05) is 32.9 Å². The van der Waals surface area contributed by atoms with Gasteiger partial charge in [0.1, 0.15) is 6.04 Å². The van der Waals surface area contributed by atoms with Crippen LogP contribution in [-0.4, -0.2) is 47.8 Å². The number of amides is 3. The van der Waals surface area contributed by atoms with Crippen molar-refractivity contribution in [1.82, 2.24) is 15.5 Å². The topological polar surface area (TPSA) is 91.7 Å². The summed E-state index contributed by atoms with van der Waals surface area (Å²) in [5.41, 5.74) is 1.68. The molecule has 1 aromatic heterocycles. The molecular weight excluding hydrogens is 394 g/mol. The Labute approximate surface area is 183 Å². The second-order valence-electron chi connectivity index (χ2n) is 9.07. The molecule has 0 bridgehead atoms. The molecule has 31 heavy (non-hydrogen) atoms. The maximum absolute atomic E-state index is 12.5. The summed E-state index contributed by atoms with van der Waals surface area (Å²) in [4.78, 5) is 39.1. The molecule has 0 radical (unpaired) electrons. The third kappa shape index (κ3) is 5.75. The maximum atomic E-state index is 12.5. The first-order valence-electron chi connectivity index (χ1n) is 10.7. The zero-order valence-electron chi connectivity index (χ0n) is 18.6. The number of nitrogens with zero attached hydrogens (tertiary/aromatic N) is 1. The van der Waals surface area contributed by atoms with Gasteiger partial charge in [0.05, 0.1) is 6.26 Å². The summed E-state index contributed by atoms with van der Waals surface area (Å²) in [6, 6.07) is 10.1. The Kier molecular flexibility index (Phi) is 6.83. The van der Waals surface area contributed by atoms with Crippen LogP contribution >= 0.6 is 0 Å². The first-order chi connectivity index (χ1) is 14.6. The Morgan fingerprint density at radius 2 is 1.71 bits per heavy atom. The fourth-order valence-corrected chi connectivity index (χ4v) is 3.58. The van der Waals surface area contributed by atoms with E-state index < -0.39 is 6.04 Å². The first kappa shape index (κ1) is 22.6. The Hall–Kier alpha value is -3.09. The lowest BCUT2D eigenvalue weighted by molar-refractivity contribution is -0.123. The van der Waals surface area contributed by atoms with Crippen molar-refractivity contribution in [3.8, 4) is 0 Å². The van der Waals surface area contributed by atoms with Gasteiger partial charge >= 0.3 is 0 Å². The lowest BCUT2D eigenvalue weighted by Gasteiger charge is -2.32. The first-order valence-corrected chi connectivity index (χ1v) is 10.7. The number of likely N-dealkylation sites (tertiary alicyclic amines) is 1. The standard InChI is InChI=1S/C24H31N3O4/c1-16(25-22(29)17-7-9-18(10-8-17)24(2,3)4)21(28)26-19-11-13-27(14-12-19)23(30)20-6-5-15-31-20/h5-10,15-16,19H,11-14H2,1-4H3,(H,25,29)(H,26,28)/t16-/m0/s1. The predicted octanol–water partition coefficient (Wildman–Crippen LogP) is 3.12. The number of piperidine rings is 1. The fraction of sp³-hybridized carbons (Fsp3) is 0.458. The van der Waals surface area contributed by atoms with Crippen LogP contribution in [0.25, 0.3) is 0 Å².